The zero-order valence-electron chi connectivity index (χ0n) is 13.9. The van der Waals surface area contributed by atoms with Crippen molar-refractivity contribution in [3.8, 4) is 0 Å². The predicted molar refractivity (Wildman–Crippen MR) is 105 cm³/mol. The highest BCUT2D eigenvalue weighted by atomic mass is 35.5. The monoisotopic (exact) mass is 389 g/mol. The van der Waals surface area contributed by atoms with Gasteiger partial charge in [0.2, 0.25) is 11.9 Å². The van der Waals surface area contributed by atoms with Crippen LogP contribution in [0, 0.1) is 0 Å². The summed E-state index contributed by atoms with van der Waals surface area (Å²) in [6.45, 7) is 3.34. The van der Waals surface area contributed by atoms with Crippen molar-refractivity contribution in [1.82, 2.24) is 9.97 Å². The number of carbonyl (C=O) groups excluding carboxylic acids is 1. The number of piperazine rings is 1. The van der Waals surface area contributed by atoms with E-state index in [0.29, 0.717) is 15.6 Å². The van der Waals surface area contributed by atoms with Crippen LogP contribution in [0.15, 0.2) is 36.4 Å². The zero-order chi connectivity index (χ0) is 18.3. The average molecular weight is 390 g/mol. The molecule has 0 bridgehead atoms. The molecule has 0 radical (unpaired) electrons. The minimum Gasteiger partial charge on any atom is -0.368 e. The topological polar surface area (TPSA) is 78.2 Å². The molecule has 3 N–H and O–H groups in total. The van der Waals surface area contributed by atoms with E-state index in [4.69, 9.17) is 28.9 Å². The molecule has 0 spiro atoms. The lowest BCUT2D eigenvalue weighted by atomic mass is 10.2. The number of anilines is 2. The molecule has 0 saturated carbocycles. The maximum atomic E-state index is 11.3. The quantitative estimate of drug-likeness (QED) is 0.720. The molecule has 1 amide bonds. The Morgan fingerprint density at radius 1 is 1.00 bits per heavy atom. The number of primary amides is 1. The third-order valence-corrected chi connectivity index (χ3v) is 5.34. The number of fused-ring (bicyclic) bond motifs is 1. The van der Waals surface area contributed by atoms with Gasteiger partial charge in [0, 0.05) is 37.4 Å². The molecule has 6 nitrogen and oxygen atoms in total. The molecule has 2 aromatic carbocycles. The van der Waals surface area contributed by atoms with Crippen LogP contribution in [0.1, 0.15) is 10.4 Å². The molecule has 1 saturated heterocycles. The molecule has 1 aliphatic heterocycles. The molecular formula is C18H17Cl2N5O. The number of hydrogen-bond donors (Lipinski definition) is 2. The van der Waals surface area contributed by atoms with E-state index in [1.165, 1.54) is 0 Å². The van der Waals surface area contributed by atoms with Crippen LogP contribution in [0.5, 0.6) is 0 Å². The van der Waals surface area contributed by atoms with E-state index in [0.717, 1.165) is 48.8 Å². The van der Waals surface area contributed by atoms with Gasteiger partial charge in [-0.3, -0.25) is 4.79 Å². The van der Waals surface area contributed by atoms with E-state index in [1.807, 2.05) is 18.2 Å². The van der Waals surface area contributed by atoms with Gasteiger partial charge in [0.1, 0.15) is 0 Å². The van der Waals surface area contributed by atoms with Crippen LogP contribution in [0.3, 0.4) is 0 Å². The highest BCUT2D eigenvalue weighted by Gasteiger charge is 2.20. The Kier molecular flexibility index (Phi) is 4.38. The second-order valence-electron chi connectivity index (χ2n) is 6.23. The Morgan fingerprint density at radius 3 is 2.42 bits per heavy atom. The molecule has 4 rings (SSSR count). The van der Waals surface area contributed by atoms with E-state index in [2.05, 4.69) is 19.8 Å². The fourth-order valence-corrected chi connectivity index (χ4v) is 3.45. The Bertz CT molecular complexity index is 979. The molecule has 0 unspecified atom stereocenters. The van der Waals surface area contributed by atoms with Gasteiger partial charge in [0.15, 0.2) is 0 Å². The largest absolute Gasteiger partial charge is 0.368 e. The second-order valence-corrected chi connectivity index (χ2v) is 7.04. The van der Waals surface area contributed by atoms with Crippen LogP contribution in [-0.2, 0) is 0 Å². The minimum absolute atomic E-state index is 0.446. The predicted octanol–water partition coefficient (Wildman–Crippen LogP) is 3.30. The smallest absolute Gasteiger partial charge is 0.248 e. The molecule has 8 heteroatoms. The lowest BCUT2D eigenvalue weighted by Gasteiger charge is -2.36. The molecule has 1 aliphatic rings. The van der Waals surface area contributed by atoms with Gasteiger partial charge in [0.25, 0.3) is 0 Å². The van der Waals surface area contributed by atoms with Crippen LogP contribution in [-0.4, -0.2) is 42.1 Å². The first-order valence-corrected chi connectivity index (χ1v) is 9.01. The van der Waals surface area contributed by atoms with E-state index >= 15 is 0 Å². The van der Waals surface area contributed by atoms with Crippen LogP contribution in [0.2, 0.25) is 10.0 Å². The highest BCUT2D eigenvalue weighted by Crippen LogP contribution is 2.28. The number of imidazole rings is 1. The summed E-state index contributed by atoms with van der Waals surface area (Å²) in [6, 6.07) is 10.9. The first kappa shape index (κ1) is 17.0. The maximum Gasteiger partial charge on any atom is 0.248 e. The van der Waals surface area contributed by atoms with Crippen molar-refractivity contribution in [2.45, 2.75) is 0 Å². The number of benzene rings is 2. The van der Waals surface area contributed by atoms with Crippen molar-refractivity contribution in [2.75, 3.05) is 36.0 Å². The van der Waals surface area contributed by atoms with Gasteiger partial charge < -0.3 is 20.5 Å². The SMILES string of the molecule is NC(=O)c1ccc2nc(N3CCN(c4ccc(Cl)c(Cl)c4)CC3)[nH]c2c1. The van der Waals surface area contributed by atoms with E-state index in [9.17, 15) is 4.79 Å². The summed E-state index contributed by atoms with van der Waals surface area (Å²) in [5.74, 6) is 0.355. The minimum atomic E-state index is -0.446. The number of H-pyrrole nitrogens is 1. The Labute approximate surface area is 160 Å². The normalized spacial score (nSPS) is 14.8. The molecule has 1 aromatic heterocycles. The molecule has 2 heterocycles. The van der Waals surface area contributed by atoms with Crippen LogP contribution in [0.25, 0.3) is 11.0 Å². The highest BCUT2D eigenvalue weighted by molar-refractivity contribution is 6.42. The lowest BCUT2D eigenvalue weighted by molar-refractivity contribution is 0.100. The number of aromatic amines is 1. The average Bonchev–Trinajstić information content (AvgIpc) is 3.07. The van der Waals surface area contributed by atoms with Gasteiger partial charge in [-0.05, 0) is 36.4 Å². The summed E-state index contributed by atoms with van der Waals surface area (Å²) in [5.41, 5.74) is 8.50. The number of amides is 1. The van der Waals surface area contributed by atoms with Crippen LogP contribution in [0.4, 0.5) is 11.6 Å². The van der Waals surface area contributed by atoms with E-state index in [1.54, 1.807) is 18.2 Å². The summed E-state index contributed by atoms with van der Waals surface area (Å²) in [7, 11) is 0. The van der Waals surface area contributed by atoms with Gasteiger partial charge in [-0.2, -0.15) is 0 Å². The summed E-state index contributed by atoms with van der Waals surface area (Å²) >= 11 is 12.1. The summed E-state index contributed by atoms with van der Waals surface area (Å²) in [4.78, 5) is 23.7. The number of rotatable bonds is 3. The fourth-order valence-electron chi connectivity index (χ4n) is 3.16. The maximum absolute atomic E-state index is 11.3. The number of carbonyl (C=O) groups is 1. The van der Waals surface area contributed by atoms with Gasteiger partial charge in [-0.1, -0.05) is 23.2 Å². The number of hydrogen-bond acceptors (Lipinski definition) is 4. The van der Waals surface area contributed by atoms with Crippen molar-refractivity contribution >= 4 is 51.8 Å². The summed E-state index contributed by atoms with van der Waals surface area (Å²) in [6.07, 6.45) is 0. The van der Waals surface area contributed by atoms with Gasteiger partial charge in [0.05, 0.1) is 21.1 Å². The zero-order valence-corrected chi connectivity index (χ0v) is 15.4. The number of aromatic nitrogens is 2. The van der Waals surface area contributed by atoms with Crippen molar-refractivity contribution in [2.24, 2.45) is 5.73 Å². The number of nitrogens with zero attached hydrogens (tertiary/aromatic N) is 3. The lowest BCUT2D eigenvalue weighted by Crippen LogP contribution is -2.46. The Hall–Kier alpha value is -2.44. The summed E-state index contributed by atoms with van der Waals surface area (Å²) in [5, 5.41) is 1.13. The Balaban J connectivity index is 1.49. The summed E-state index contributed by atoms with van der Waals surface area (Å²) < 4.78 is 0. The van der Waals surface area contributed by atoms with Gasteiger partial charge in [-0.15, -0.1) is 0 Å². The van der Waals surface area contributed by atoms with Crippen molar-refractivity contribution in [3.63, 3.8) is 0 Å². The molecular weight excluding hydrogens is 373 g/mol. The standard InChI is InChI=1S/C18H17Cl2N5O/c19-13-3-2-12(10-14(13)20)24-5-7-25(8-6-24)18-22-15-4-1-11(17(21)26)9-16(15)23-18/h1-4,9-10H,5-8H2,(H2,21,26)(H,22,23). The number of halogens is 2. The molecule has 1 fully saturated rings. The van der Waals surface area contributed by atoms with Crippen molar-refractivity contribution in [1.29, 1.82) is 0 Å². The molecule has 0 atom stereocenters. The van der Waals surface area contributed by atoms with Crippen molar-refractivity contribution in [3.05, 3.63) is 52.0 Å². The fraction of sp³-hybridized carbons (Fsp3) is 0.222. The molecule has 26 heavy (non-hydrogen) atoms. The van der Waals surface area contributed by atoms with Crippen LogP contribution >= 0.6 is 23.2 Å². The van der Waals surface area contributed by atoms with Gasteiger partial charge in [-0.25, -0.2) is 4.98 Å². The van der Waals surface area contributed by atoms with Gasteiger partial charge >= 0.3 is 0 Å². The number of nitrogens with one attached hydrogen (secondary N) is 1. The van der Waals surface area contributed by atoms with Crippen LogP contribution < -0.4 is 15.5 Å². The molecule has 134 valence electrons. The third kappa shape index (κ3) is 3.18. The first-order valence-electron chi connectivity index (χ1n) is 8.26. The Morgan fingerprint density at radius 2 is 1.73 bits per heavy atom. The van der Waals surface area contributed by atoms with E-state index < -0.39 is 5.91 Å². The molecule has 3 aromatic rings. The second kappa shape index (κ2) is 6.70. The van der Waals surface area contributed by atoms with E-state index in [-0.39, 0.29) is 0 Å². The molecule has 0 aliphatic carbocycles. The first-order chi connectivity index (χ1) is 12.5. The third-order valence-electron chi connectivity index (χ3n) is 4.60. The van der Waals surface area contributed by atoms with Crippen molar-refractivity contribution < 1.29 is 4.79 Å². The number of nitrogens with two attached hydrogens (primary N) is 1.